The summed E-state index contributed by atoms with van der Waals surface area (Å²) >= 11 is 11.3. The van der Waals surface area contributed by atoms with Gasteiger partial charge in [-0.05, 0) is 66.3 Å². The quantitative estimate of drug-likeness (QED) is 0.116. The molecule has 4 aromatic carbocycles. The van der Waals surface area contributed by atoms with Crippen molar-refractivity contribution in [2.75, 3.05) is 5.32 Å². The minimum absolute atomic E-state index is 0.298. The van der Waals surface area contributed by atoms with Gasteiger partial charge in [0.1, 0.15) is 5.75 Å². The van der Waals surface area contributed by atoms with Crippen molar-refractivity contribution in [3.63, 3.8) is 0 Å². The molecule has 4 rings (SSSR count). The van der Waals surface area contributed by atoms with Crippen LogP contribution >= 0.6 is 23.8 Å². The molecular weight excluding hydrogens is 454 g/mol. The average Bonchev–Trinajstić information content (AvgIpc) is 2.80. The zero-order valence-electron chi connectivity index (χ0n) is 17.7. The Hall–Kier alpha value is -3.74. The van der Waals surface area contributed by atoms with Gasteiger partial charge >= 0.3 is 5.97 Å². The summed E-state index contributed by atoms with van der Waals surface area (Å²) in [7, 11) is 0. The number of nitrogens with one attached hydrogen (secondary N) is 2. The Morgan fingerprint density at radius 1 is 1.00 bits per heavy atom. The third kappa shape index (κ3) is 5.74. The largest absolute Gasteiger partial charge is 0.422 e. The highest BCUT2D eigenvalue weighted by atomic mass is 35.5. The second-order valence-electron chi connectivity index (χ2n) is 7.29. The monoisotopic (exact) mass is 473 g/mol. The van der Waals surface area contributed by atoms with Crippen LogP contribution in [0.15, 0.2) is 90.0 Å². The molecule has 4 aromatic rings. The van der Waals surface area contributed by atoms with Crippen LogP contribution in [-0.4, -0.2) is 17.3 Å². The standard InChI is InChI=1S/C26H20ClN3O2S/c1-17-6-4-8-19(14-17)25(31)32-24-13-12-18-7-2-3-11-22(18)23(24)16-28-30-26(33)29-21-10-5-9-20(27)15-21/h2-16H,1H3,(H2,29,30,33)/b28-16-. The second-order valence-corrected chi connectivity index (χ2v) is 8.14. The number of hydrogen-bond acceptors (Lipinski definition) is 4. The van der Waals surface area contributed by atoms with Gasteiger partial charge in [0.05, 0.1) is 11.8 Å². The van der Waals surface area contributed by atoms with Gasteiger partial charge in [-0.1, -0.05) is 65.7 Å². The Balaban J connectivity index is 1.57. The number of hydrazone groups is 1. The topological polar surface area (TPSA) is 62.7 Å². The number of nitrogens with zero attached hydrogens (tertiary/aromatic N) is 1. The zero-order valence-corrected chi connectivity index (χ0v) is 19.3. The van der Waals surface area contributed by atoms with Crippen LogP contribution in [-0.2, 0) is 0 Å². The van der Waals surface area contributed by atoms with Crippen molar-refractivity contribution in [1.29, 1.82) is 0 Å². The normalized spacial score (nSPS) is 10.8. The van der Waals surface area contributed by atoms with Gasteiger partial charge in [-0.2, -0.15) is 5.10 Å². The van der Waals surface area contributed by atoms with E-state index in [9.17, 15) is 4.79 Å². The highest BCUT2D eigenvalue weighted by Crippen LogP contribution is 2.27. The highest BCUT2D eigenvalue weighted by molar-refractivity contribution is 7.80. The number of esters is 1. The summed E-state index contributed by atoms with van der Waals surface area (Å²) in [5.74, 6) is -0.0331. The molecule has 0 radical (unpaired) electrons. The van der Waals surface area contributed by atoms with Crippen molar-refractivity contribution >= 4 is 57.6 Å². The number of fused-ring (bicyclic) bond motifs is 1. The van der Waals surface area contributed by atoms with Crippen molar-refractivity contribution in [2.45, 2.75) is 6.92 Å². The Bertz CT molecular complexity index is 1370. The lowest BCUT2D eigenvalue weighted by Crippen LogP contribution is -2.23. The molecule has 0 saturated carbocycles. The lowest BCUT2D eigenvalue weighted by atomic mass is 10.0. The molecule has 2 N–H and O–H groups in total. The summed E-state index contributed by atoms with van der Waals surface area (Å²) < 4.78 is 5.74. The summed E-state index contributed by atoms with van der Waals surface area (Å²) in [6.45, 7) is 1.93. The highest BCUT2D eigenvalue weighted by Gasteiger charge is 2.13. The van der Waals surface area contributed by atoms with Crippen molar-refractivity contribution in [2.24, 2.45) is 5.10 Å². The van der Waals surface area contributed by atoms with Crippen molar-refractivity contribution < 1.29 is 9.53 Å². The maximum Gasteiger partial charge on any atom is 0.343 e. The fraction of sp³-hybridized carbons (Fsp3) is 0.0385. The summed E-state index contributed by atoms with van der Waals surface area (Å²) in [6.07, 6.45) is 1.59. The molecule has 0 aromatic heterocycles. The number of thiocarbonyl (C=S) groups is 1. The molecule has 0 saturated heterocycles. The smallest absolute Gasteiger partial charge is 0.343 e. The number of benzene rings is 4. The van der Waals surface area contributed by atoms with Gasteiger partial charge in [-0.3, -0.25) is 5.43 Å². The maximum absolute atomic E-state index is 12.7. The first kappa shape index (κ1) is 22.5. The van der Waals surface area contributed by atoms with E-state index in [-0.39, 0.29) is 0 Å². The fourth-order valence-electron chi connectivity index (χ4n) is 3.31. The van der Waals surface area contributed by atoms with Gasteiger partial charge in [0.25, 0.3) is 0 Å². The summed E-state index contributed by atoms with van der Waals surface area (Å²) in [5.41, 5.74) is 5.66. The van der Waals surface area contributed by atoms with E-state index >= 15 is 0 Å². The Morgan fingerprint density at radius 3 is 2.64 bits per heavy atom. The second kappa shape index (κ2) is 10.3. The van der Waals surface area contributed by atoms with Gasteiger partial charge in [-0.15, -0.1) is 0 Å². The molecule has 0 bridgehead atoms. The minimum Gasteiger partial charge on any atom is -0.422 e. The minimum atomic E-state index is -0.435. The van der Waals surface area contributed by atoms with E-state index in [0.717, 1.165) is 22.0 Å². The number of aryl methyl sites for hydroxylation is 1. The summed E-state index contributed by atoms with van der Waals surface area (Å²) in [5, 5.41) is 10.1. The predicted molar refractivity (Wildman–Crippen MR) is 138 cm³/mol. The molecule has 0 aliphatic heterocycles. The third-order valence-electron chi connectivity index (χ3n) is 4.83. The average molecular weight is 474 g/mol. The Morgan fingerprint density at radius 2 is 1.82 bits per heavy atom. The van der Waals surface area contributed by atoms with E-state index in [0.29, 0.717) is 27.0 Å². The van der Waals surface area contributed by atoms with Crippen LogP contribution in [0.4, 0.5) is 5.69 Å². The molecule has 0 aliphatic rings. The molecule has 7 heteroatoms. The number of carbonyl (C=O) groups is 1. The van der Waals surface area contributed by atoms with Crippen molar-refractivity contribution in [1.82, 2.24) is 5.43 Å². The van der Waals surface area contributed by atoms with Crippen molar-refractivity contribution in [3.05, 3.63) is 107 Å². The number of carbonyl (C=O) groups excluding carboxylic acids is 1. The van der Waals surface area contributed by atoms with Gasteiger partial charge < -0.3 is 10.1 Å². The van der Waals surface area contributed by atoms with E-state index in [4.69, 9.17) is 28.6 Å². The number of halogens is 1. The van der Waals surface area contributed by atoms with Crippen LogP contribution in [0.25, 0.3) is 10.8 Å². The van der Waals surface area contributed by atoms with E-state index in [1.807, 2.05) is 61.5 Å². The SMILES string of the molecule is Cc1cccc(C(=O)Oc2ccc3ccccc3c2/C=N\NC(=S)Nc2cccc(Cl)c2)c1. The van der Waals surface area contributed by atoms with Crippen LogP contribution in [0.1, 0.15) is 21.5 Å². The number of hydrogen-bond donors (Lipinski definition) is 2. The molecular formula is C26H20ClN3O2S. The van der Waals surface area contributed by atoms with E-state index in [2.05, 4.69) is 15.8 Å². The van der Waals surface area contributed by atoms with E-state index in [1.54, 1.807) is 36.5 Å². The first-order valence-corrected chi connectivity index (χ1v) is 10.9. The fourth-order valence-corrected chi connectivity index (χ4v) is 3.67. The van der Waals surface area contributed by atoms with Crippen LogP contribution in [0.5, 0.6) is 5.75 Å². The third-order valence-corrected chi connectivity index (χ3v) is 5.26. The molecule has 0 amide bonds. The zero-order chi connectivity index (χ0) is 23.2. The molecule has 5 nitrogen and oxygen atoms in total. The Labute approximate surface area is 202 Å². The van der Waals surface area contributed by atoms with Crippen LogP contribution in [0.3, 0.4) is 0 Å². The number of ether oxygens (including phenoxy) is 1. The van der Waals surface area contributed by atoms with Crippen LogP contribution in [0, 0.1) is 6.92 Å². The molecule has 0 unspecified atom stereocenters. The van der Waals surface area contributed by atoms with Crippen LogP contribution in [0.2, 0.25) is 5.02 Å². The lowest BCUT2D eigenvalue weighted by molar-refractivity contribution is 0.0734. The molecule has 33 heavy (non-hydrogen) atoms. The van der Waals surface area contributed by atoms with E-state index in [1.165, 1.54) is 0 Å². The molecule has 0 heterocycles. The summed E-state index contributed by atoms with van der Waals surface area (Å²) in [6, 6.07) is 25.9. The molecule has 0 spiro atoms. The predicted octanol–water partition coefficient (Wildman–Crippen LogP) is 6.34. The van der Waals surface area contributed by atoms with Crippen molar-refractivity contribution in [3.8, 4) is 5.75 Å². The molecule has 0 aliphatic carbocycles. The van der Waals surface area contributed by atoms with E-state index < -0.39 is 5.97 Å². The number of anilines is 1. The summed E-state index contributed by atoms with van der Waals surface area (Å²) in [4.78, 5) is 12.7. The van der Waals surface area contributed by atoms with Gasteiger partial charge in [0.15, 0.2) is 5.11 Å². The van der Waals surface area contributed by atoms with Gasteiger partial charge in [-0.25, -0.2) is 4.79 Å². The first-order valence-electron chi connectivity index (χ1n) is 10.2. The van der Waals surface area contributed by atoms with Gasteiger partial charge in [0.2, 0.25) is 0 Å². The molecule has 0 atom stereocenters. The van der Waals surface area contributed by atoms with Crippen LogP contribution < -0.4 is 15.5 Å². The lowest BCUT2D eigenvalue weighted by Gasteiger charge is -2.11. The maximum atomic E-state index is 12.7. The first-order chi connectivity index (χ1) is 16.0. The number of rotatable bonds is 5. The Kier molecular flexibility index (Phi) is 6.98. The molecule has 0 fully saturated rings. The molecule has 164 valence electrons. The van der Waals surface area contributed by atoms with Gasteiger partial charge in [0, 0.05) is 16.3 Å².